The van der Waals surface area contributed by atoms with Gasteiger partial charge in [0.15, 0.2) is 0 Å². The molecule has 0 radical (unpaired) electrons. The topological polar surface area (TPSA) is 101 Å². The number of carboxylic acids is 1. The first-order chi connectivity index (χ1) is 9.63. The third kappa shape index (κ3) is 6.14. The number of carbonyl (C=O) groups is 2. The van der Waals surface area contributed by atoms with E-state index in [2.05, 4.69) is 22.5 Å². The summed E-state index contributed by atoms with van der Waals surface area (Å²) in [4.78, 5) is 26.0. The minimum absolute atomic E-state index is 0.0192. The Morgan fingerprint density at radius 2 is 2.15 bits per heavy atom. The second kappa shape index (κ2) is 8.87. The van der Waals surface area contributed by atoms with Crippen LogP contribution in [-0.4, -0.2) is 41.8 Å². The first kappa shape index (κ1) is 15.9. The van der Waals surface area contributed by atoms with Gasteiger partial charge in [0.05, 0.1) is 24.1 Å². The number of aromatic carboxylic acids is 1. The van der Waals surface area contributed by atoms with Crippen molar-refractivity contribution in [3.05, 3.63) is 24.0 Å². The average Bonchev–Trinajstić information content (AvgIpc) is 2.43. The second-order valence-electron chi connectivity index (χ2n) is 4.11. The summed E-state index contributed by atoms with van der Waals surface area (Å²) in [5.41, 5.74) is 0.347. The molecule has 1 heterocycles. The number of nitrogens with one attached hydrogen (secondary N) is 2. The molecule has 1 rings (SSSR count). The van der Waals surface area contributed by atoms with E-state index in [9.17, 15) is 9.59 Å². The fourth-order valence-electron chi connectivity index (χ4n) is 1.39. The summed E-state index contributed by atoms with van der Waals surface area (Å²) in [7, 11) is 0. The van der Waals surface area contributed by atoms with Crippen LogP contribution in [0.4, 0.5) is 10.5 Å². The number of hydrogen-bond acceptors (Lipinski definition) is 4. The molecule has 0 atom stereocenters. The van der Waals surface area contributed by atoms with Gasteiger partial charge in [-0.25, -0.2) is 9.59 Å². The molecule has 0 fully saturated rings. The third-order valence-corrected chi connectivity index (χ3v) is 2.42. The van der Waals surface area contributed by atoms with E-state index >= 15 is 0 Å². The lowest BCUT2D eigenvalue weighted by atomic mass is 10.3. The zero-order valence-corrected chi connectivity index (χ0v) is 11.4. The van der Waals surface area contributed by atoms with Gasteiger partial charge in [-0.05, 0) is 12.5 Å². The monoisotopic (exact) mass is 281 g/mol. The van der Waals surface area contributed by atoms with Crippen LogP contribution in [0.1, 0.15) is 30.1 Å². The summed E-state index contributed by atoms with van der Waals surface area (Å²) in [6.45, 7) is 3.60. The van der Waals surface area contributed by atoms with E-state index in [0.29, 0.717) is 25.4 Å². The molecule has 0 aliphatic carbocycles. The summed E-state index contributed by atoms with van der Waals surface area (Å²) >= 11 is 0. The van der Waals surface area contributed by atoms with Crippen LogP contribution in [0, 0.1) is 0 Å². The van der Waals surface area contributed by atoms with Gasteiger partial charge in [0.1, 0.15) is 0 Å². The van der Waals surface area contributed by atoms with Gasteiger partial charge in [-0.1, -0.05) is 13.3 Å². The first-order valence-corrected chi connectivity index (χ1v) is 6.44. The van der Waals surface area contributed by atoms with E-state index in [1.807, 2.05) is 0 Å². The van der Waals surface area contributed by atoms with E-state index in [1.54, 1.807) is 0 Å². The maximum absolute atomic E-state index is 11.5. The number of pyridine rings is 1. The van der Waals surface area contributed by atoms with Crippen molar-refractivity contribution in [1.82, 2.24) is 10.3 Å². The molecule has 0 spiro atoms. The van der Waals surface area contributed by atoms with Crippen molar-refractivity contribution in [3.63, 3.8) is 0 Å². The molecule has 20 heavy (non-hydrogen) atoms. The Hall–Kier alpha value is -2.15. The molecule has 110 valence electrons. The van der Waals surface area contributed by atoms with Crippen LogP contribution in [0.5, 0.6) is 0 Å². The van der Waals surface area contributed by atoms with Crippen molar-refractivity contribution < 1.29 is 19.4 Å². The lowest BCUT2D eigenvalue weighted by Crippen LogP contribution is -2.31. The normalized spacial score (nSPS) is 10.1. The molecule has 1 aromatic heterocycles. The molecule has 1 aromatic rings. The third-order valence-electron chi connectivity index (χ3n) is 2.42. The molecule has 0 saturated heterocycles. The SMILES string of the molecule is CCCCOCCNC(=O)Nc1cncc(C(=O)O)c1. The lowest BCUT2D eigenvalue weighted by molar-refractivity contribution is 0.0696. The Morgan fingerprint density at radius 3 is 2.85 bits per heavy atom. The number of unbranched alkanes of at least 4 members (excludes halogenated alkanes) is 1. The minimum atomic E-state index is -1.09. The van der Waals surface area contributed by atoms with E-state index < -0.39 is 12.0 Å². The van der Waals surface area contributed by atoms with Crippen LogP contribution in [-0.2, 0) is 4.74 Å². The summed E-state index contributed by atoms with van der Waals surface area (Å²) in [5.74, 6) is -1.09. The number of carboxylic acid groups (broad SMARTS) is 1. The van der Waals surface area contributed by atoms with Crippen molar-refractivity contribution in [3.8, 4) is 0 Å². The lowest BCUT2D eigenvalue weighted by Gasteiger charge is -2.08. The second-order valence-corrected chi connectivity index (χ2v) is 4.11. The number of anilines is 1. The molecule has 0 aliphatic rings. The quantitative estimate of drug-likeness (QED) is 0.630. The maximum Gasteiger partial charge on any atom is 0.337 e. The largest absolute Gasteiger partial charge is 0.478 e. The highest BCUT2D eigenvalue weighted by Gasteiger charge is 2.06. The Kier molecular flexibility index (Phi) is 7.05. The van der Waals surface area contributed by atoms with Crippen molar-refractivity contribution in [2.45, 2.75) is 19.8 Å². The maximum atomic E-state index is 11.5. The zero-order valence-electron chi connectivity index (χ0n) is 11.4. The van der Waals surface area contributed by atoms with E-state index in [4.69, 9.17) is 9.84 Å². The number of urea groups is 1. The van der Waals surface area contributed by atoms with Crippen molar-refractivity contribution >= 4 is 17.7 Å². The summed E-state index contributed by atoms with van der Waals surface area (Å²) in [5, 5.41) is 13.9. The molecule has 7 nitrogen and oxygen atoms in total. The number of aromatic nitrogens is 1. The van der Waals surface area contributed by atoms with Gasteiger partial charge in [-0.15, -0.1) is 0 Å². The fourth-order valence-corrected chi connectivity index (χ4v) is 1.39. The summed E-state index contributed by atoms with van der Waals surface area (Å²) in [6, 6.07) is 0.917. The smallest absolute Gasteiger partial charge is 0.337 e. The number of nitrogens with zero attached hydrogens (tertiary/aromatic N) is 1. The fraction of sp³-hybridized carbons (Fsp3) is 0.462. The van der Waals surface area contributed by atoms with E-state index in [1.165, 1.54) is 18.5 Å². The predicted octanol–water partition coefficient (Wildman–Crippen LogP) is 1.72. The molecule has 3 N–H and O–H groups in total. The van der Waals surface area contributed by atoms with E-state index in [-0.39, 0.29) is 5.56 Å². The Balaban J connectivity index is 2.28. The summed E-state index contributed by atoms with van der Waals surface area (Å²) in [6.07, 6.45) is 4.66. The highest BCUT2D eigenvalue weighted by atomic mass is 16.5. The Bertz CT molecular complexity index is 451. The van der Waals surface area contributed by atoms with Gasteiger partial charge in [0, 0.05) is 19.3 Å². The van der Waals surface area contributed by atoms with Crippen LogP contribution in [0.25, 0.3) is 0 Å². The van der Waals surface area contributed by atoms with Crippen LogP contribution in [0.3, 0.4) is 0 Å². The Labute approximate surface area is 117 Å². The van der Waals surface area contributed by atoms with Gasteiger partial charge in [-0.2, -0.15) is 0 Å². The molecule has 0 bridgehead atoms. The van der Waals surface area contributed by atoms with Gasteiger partial charge in [-0.3, -0.25) is 4.98 Å². The van der Waals surface area contributed by atoms with Crippen LogP contribution >= 0.6 is 0 Å². The minimum Gasteiger partial charge on any atom is -0.478 e. The summed E-state index contributed by atoms with van der Waals surface area (Å²) < 4.78 is 5.29. The molecule has 0 saturated carbocycles. The molecule has 7 heteroatoms. The number of carbonyl (C=O) groups excluding carboxylic acids is 1. The molecular weight excluding hydrogens is 262 g/mol. The van der Waals surface area contributed by atoms with Crippen LogP contribution in [0.15, 0.2) is 18.5 Å². The molecule has 0 aliphatic heterocycles. The van der Waals surface area contributed by atoms with Gasteiger partial charge in [0.25, 0.3) is 0 Å². The highest BCUT2D eigenvalue weighted by Crippen LogP contribution is 2.07. The van der Waals surface area contributed by atoms with Gasteiger partial charge in [0.2, 0.25) is 0 Å². The van der Waals surface area contributed by atoms with Gasteiger partial charge >= 0.3 is 12.0 Å². The highest BCUT2D eigenvalue weighted by molar-refractivity contribution is 5.92. The molecular formula is C13H19N3O4. The average molecular weight is 281 g/mol. The number of rotatable bonds is 8. The van der Waals surface area contributed by atoms with Crippen molar-refractivity contribution in [2.75, 3.05) is 25.1 Å². The standard InChI is InChI=1S/C13H19N3O4/c1-2-3-5-20-6-4-15-13(19)16-11-7-10(12(17)18)8-14-9-11/h7-9H,2-6H2,1H3,(H,17,18)(H2,15,16,19). The number of ether oxygens (including phenoxy) is 1. The van der Waals surface area contributed by atoms with Gasteiger partial charge < -0.3 is 20.5 Å². The predicted molar refractivity (Wildman–Crippen MR) is 73.9 cm³/mol. The molecule has 0 aromatic carbocycles. The van der Waals surface area contributed by atoms with Crippen molar-refractivity contribution in [2.24, 2.45) is 0 Å². The van der Waals surface area contributed by atoms with Crippen molar-refractivity contribution in [1.29, 1.82) is 0 Å². The van der Waals surface area contributed by atoms with Crippen LogP contribution in [0.2, 0.25) is 0 Å². The zero-order chi connectivity index (χ0) is 14.8. The molecule has 2 amide bonds. The van der Waals surface area contributed by atoms with E-state index in [0.717, 1.165) is 12.8 Å². The Morgan fingerprint density at radius 1 is 1.35 bits per heavy atom. The van der Waals surface area contributed by atoms with Crippen LogP contribution < -0.4 is 10.6 Å². The first-order valence-electron chi connectivity index (χ1n) is 6.44. The molecule has 0 unspecified atom stereocenters. The number of hydrogen-bond donors (Lipinski definition) is 3. The number of amides is 2.